The topological polar surface area (TPSA) is 59.6 Å². The molecule has 2 aliphatic heterocycles. The first-order valence-corrected chi connectivity index (χ1v) is 7.72. The molecule has 5 nitrogen and oxygen atoms in total. The fraction of sp³-hybridized carbons (Fsp3) is 0.562. The van der Waals surface area contributed by atoms with Gasteiger partial charge in [0.05, 0.1) is 12.0 Å². The molecule has 3 aliphatic rings. The van der Waals surface area contributed by atoms with Gasteiger partial charge in [0.2, 0.25) is 5.91 Å². The predicted octanol–water partition coefficient (Wildman–Crippen LogP) is 1.67. The third kappa shape index (κ3) is 3.01. The zero-order chi connectivity index (χ0) is 14.2. The summed E-state index contributed by atoms with van der Waals surface area (Å²) < 4.78 is 11.2. The SMILES string of the molecule is Cl.O=C(NC(c1ccc2c(c1)OCCO2)C1CC1)C1CNC1. The Balaban J connectivity index is 0.00000144. The summed E-state index contributed by atoms with van der Waals surface area (Å²) in [4.78, 5) is 12.2. The van der Waals surface area contributed by atoms with Crippen LogP contribution in [0.2, 0.25) is 0 Å². The largest absolute Gasteiger partial charge is 0.486 e. The van der Waals surface area contributed by atoms with E-state index in [0.717, 1.165) is 30.2 Å². The summed E-state index contributed by atoms with van der Waals surface area (Å²) in [5, 5.41) is 6.37. The van der Waals surface area contributed by atoms with Crippen molar-refractivity contribution in [3.05, 3.63) is 23.8 Å². The van der Waals surface area contributed by atoms with Gasteiger partial charge in [0.1, 0.15) is 13.2 Å². The molecular weight excluding hydrogens is 304 g/mol. The second-order valence-electron chi connectivity index (χ2n) is 6.08. The van der Waals surface area contributed by atoms with Gasteiger partial charge in [-0.3, -0.25) is 4.79 Å². The number of nitrogens with one attached hydrogen (secondary N) is 2. The van der Waals surface area contributed by atoms with Gasteiger partial charge in [-0.15, -0.1) is 12.4 Å². The van der Waals surface area contributed by atoms with Crippen LogP contribution in [0, 0.1) is 11.8 Å². The Morgan fingerprint density at radius 2 is 1.91 bits per heavy atom. The van der Waals surface area contributed by atoms with Crippen molar-refractivity contribution in [1.82, 2.24) is 10.6 Å². The van der Waals surface area contributed by atoms with E-state index in [1.807, 2.05) is 12.1 Å². The van der Waals surface area contributed by atoms with Crippen LogP contribution >= 0.6 is 12.4 Å². The van der Waals surface area contributed by atoms with Gasteiger partial charge < -0.3 is 20.1 Å². The molecule has 2 N–H and O–H groups in total. The van der Waals surface area contributed by atoms with Crippen molar-refractivity contribution in [2.45, 2.75) is 18.9 Å². The highest BCUT2D eigenvalue weighted by molar-refractivity contribution is 5.85. The highest BCUT2D eigenvalue weighted by atomic mass is 35.5. The Morgan fingerprint density at radius 3 is 2.55 bits per heavy atom. The van der Waals surface area contributed by atoms with Crippen molar-refractivity contribution < 1.29 is 14.3 Å². The van der Waals surface area contributed by atoms with Gasteiger partial charge in [0.25, 0.3) is 0 Å². The zero-order valence-corrected chi connectivity index (χ0v) is 13.2. The van der Waals surface area contributed by atoms with Crippen molar-refractivity contribution in [1.29, 1.82) is 0 Å². The second-order valence-corrected chi connectivity index (χ2v) is 6.08. The first-order chi connectivity index (χ1) is 10.3. The van der Waals surface area contributed by atoms with E-state index in [2.05, 4.69) is 16.7 Å². The lowest BCUT2D eigenvalue weighted by atomic mass is 9.98. The number of carbonyl (C=O) groups is 1. The summed E-state index contributed by atoms with van der Waals surface area (Å²) in [5.74, 6) is 2.45. The van der Waals surface area contributed by atoms with Crippen LogP contribution in [0.5, 0.6) is 11.5 Å². The summed E-state index contributed by atoms with van der Waals surface area (Å²) in [6.07, 6.45) is 2.37. The molecule has 22 heavy (non-hydrogen) atoms. The minimum Gasteiger partial charge on any atom is -0.486 e. The minimum atomic E-state index is 0. The van der Waals surface area contributed by atoms with Crippen LogP contribution in [-0.4, -0.2) is 32.2 Å². The predicted molar refractivity (Wildman–Crippen MR) is 84.6 cm³/mol. The van der Waals surface area contributed by atoms with Gasteiger partial charge in [-0.1, -0.05) is 6.07 Å². The molecule has 4 rings (SSSR count). The van der Waals surface area contributed by atoms with Crippen molar-refractivity contribution in [3.63, 3.8) is 0 Å². The molecule has 0 spiro atoms. The number of rotatable bonds is 4. The Morgan fingerprint density at radius 1 is 1.18 bits per heavy atom. The van der Waals surface area contributed by atoms with Crippen molar-refractivity contribution in [2.75, 3.05) is 26.3 Å². The van der Waals surface area contributed by atoms with Gasteiger partial charge in [-0.25, -0.2) is 0 Å². The van der Waals surface area contributed by atoms with Crippen molar-refractivity contribution in [3.8, 4) is 11.5 Å². The number of fused-ring (bicyclic) bond motifs is 1. The van der Waals surface area contributed by atoms with Crippen LogP contribution in [0.3, 0.4) is 0 Å². The molecule has 1 saturated heterocycles. The molecule has 1 atom stereocenters. The van der Waals surface area contributed by atoms with Gasteiger partial charge in [-0.2, -0.15) is 0 Å². The zero-order valence-electron chi connectivity index (χ0n) is 12.3. The smallest absolute Gasteiger partial charge is 0.226 e. The van der Waals surface area contributed by atoms with Crippen LogP contribution in [0.4, 0.5) is 0 Å². The van der Waals surface area contributed by atoms with E-state index in [0.29, 0.717) is 19.1 Å². The molecule has 0 aromatic heterocycles. The third-order valence-electron chi connectivity index (χ3n) is 4.47. The number of hydrogen-bond acceptors (Lipinski definition) is 4. The first kappa shape index (κ1) is 15.4. The van der Waals surface area contributed by atoms with Crippen LogP contribution in [0.1, 0.15) is 24.4 Å². The molecule has 2 heterocycles. The molecule has 120 valence electrons. The fourth-order valence-electron chi connectivity index (χ4n) is 2.90. The fourth-order valence-corrected chi connectivity index (χ4v) is 2.90. The van der Waals surface area contributed by atoms with E-state index < -0.39 is 0 Å². The van der Waals surface area contributed by atoms with Gasteiger partial charge in [0.15, 0.2) is 11.5 Å². The van der Waals surface area contributed by atoms with Crippen LogP contribution in [0.25, 0.3) is 0 Å². The van der Waals surface area contributed by atoms with E-state index in [4.69, 9.17) is 9.47 Å². The lowest BCUT2D eigenvalue weighted by Gasteiger charge is -2.29. The second kappa shape index (κ2) is 6.34. The number of carbonyl (C=O) groups excluding carboxylic acids is 1. The molecule has 2 fully saturated rings. The normalized spacial score (nSPS) is 21.3. The van der Waals surface area contributed by atoms with E-state index in [9.17, 15) is 4.79 Å². The highest BCUT2D eigenvalue weighted by Crippen LogP contribution is 2.43. The molecule has 1 saturated carbocycles. The molecule has 1 unspecified atom stereocenters. The molecule has 0 bridgehead atoms. The molecule has 1 aliphatic carbocycles. The van der Waals surface area contributed by atoms with E-state index in [-0.39, 0.29) is 30.3 Å². The minimum absolute atomic E-state index is 0. The molecule has 6 heteroatoms. The monoisotopic (exact) mass is 324 g/mol. The van der Waals surface area contributed by atoms with Crippen LogP contribution < -0.4 is 20.1 Å². The van der Waals surface area contributed by atoms with Crippen molar-refractivity contribution in [2.24, 2.45) is 11.8 Å². The maximum Gasteiger partial charge on any atom is 0.226 e. The van der Waals surface area contributed by atoms with Crippen LogP contribution in [0.15, 0.2) is 18.2 Å². The van der Waals surface area contributed by atoms with Gasteiger partial charge in [0, 0.05) is 13.1 Å². The quantitative estimate of drug-likeness (QED) is 0.884. The average molecular weight is 325 g/mol. The Bertz CT molecular complexity index is 558. The van der Waals surface area contributed by atoms with E-state index >= 15 is 0 Å². The first-order valence-electron chi connectivity index (χ1n) is 7.72. The summed E-state index contributed by atoms with van der Waals surface area (Å²) in [6, 6.07) is 6.14. The Kier molecular flexibility index (Phi) is 4.45. The number of benzene rings is 1. The summed E-state index contributed by atoms with van der Waals surface area (Å²) in [5.41, 5.74) is 1.13. The lowest BCUT2D eigenvalue weighted by Crippen LogP contribution is -2.51. The molecular formula is C16H21ClN2O3. The molecule has 1 aromatic rings. The number of halogens is 1. The van der Waals surface area contributed by atoms with Crippen molar-refractivity contribution >= 4 is 18.3 Å². The molecule has 0 radical (unpaired) electrons. The standard InChI is InChI=1S/C16H20N2O3.ClH/c19-16(12-8-17-9-12)18-15(10-1-2-10)11-3-4-13-14(7-11)21-6-5-20-13;/h3-4,7,10,12,15,17H,1-2,5-6,8-9H2,(H,18,19);1H. The van der Waals surface area contributed by atoms with E-state index in [1.54, 1.807) is 0 Å². The maximum atomic E-state index is 12.2. The highest BCUT2D eigenvalue weighted by Gasteiger charge is 2.36. The summed E-state index contributed by atoms with van der Waals surface area (Å²) in [6.45, 7) is 2.78. The average Bonchev–Trinajstić information content (AvgIpc) is 3.27. The number of hydrogen-bond donors (Lipinski definition) is 2. The maximum absolute atomic E-state index is 12.2. The molecule has 1 amide bonds. The van der Waals surface area contributed by atoms with Crippen LogP contribution in [-0.2, 0) is 4.79 Å². The number of amides is 1. The van der Waals surface area contributed by atoms with E-state index in [1.165, 1.54) is 12.8 Å². The van der Waals surface area contributed by atoms with Gasteiger partial charge in [-0.05, 0) is 36.5 Å². The summed E-state index contributed by atoms with van der Waals surface area (Å²) in [7, 11) is 0. The Labute approximate surface area is 136 Å². The molecule has 1 aromatic carbocycles. The number of ether oxygens (including phenoxy) is 2. The lowest BCUT2D eigenvalue weighted by molar-refractivity contribution is -0.127. The Hall–Kier alpha value is -1.46. The summed E-state index contributed by atoms with van der Waals surface area (Å²) >= 11 is 0. The van der Waals surface area contributed by atoms with Gasteiger partial charge >= 0.3 is 0 Å². The third-order valence-corrected chi connectivity index (χ3v) is 4.47.